The molecule has 102 valence electrons. The van der Waals surface area contributed by atoms with Crippen LogP contribution in [-0.2, 0) is 11.3 Å². The summed E-state index contributed by atoms with van der Waals surface area (Å²) in [5.74, 6) is 0.557. The van der Waals surface area contributed by atoms with Crippen molar-refractivity contribution in [3.05, 3.63) is 18.0 Å². The summed E-state index contributed by atoms with van der Waals surface area (Å²) in [6.45, 7) is 9.08. The Bertz CT molecular complexity index is 380. The predicted octanol–water partition coefficient (Wildman–Crippen LogP) is 2.29. The molecule has 0 radical (unpaired) electrons. The van der Waals surface area contributed by atoms with Crippen LogP contribution in [0, 0.1) is 0 Å². The van der Waals surface area contributed by atoms with E-state index in [2.05, 4.69) is 36.8 Å². The van der Waals surface area contributed by atoms with E-state index in [4.69, 9.17) is 16.3 Å². The molecule has 0 aliphatic carbocycles. The maximum absolute atomic E-state index is 5.89. The van der Waals surface area contributed by atoms with Crippen molar-refractivity contribution in [3.8, 4) is 0 Å². The van der Waals surface area contributed by atoms with Gasteiger partial charge in [0.1, 0.15) is 0 Å². The Morgan fingerprint density at radius 3 is 2.89 bits per heavy atom. The monoisotopic (exact) mass is 271 g/mol. The Kier molecular flexibility index (Phi) is 4.65. The van der Waals surface area contributed by atoms with Crippen molar-refractivity contribution in [3.63, 3.8) is 0 Å². The third kappa shape index (κ3) is 3.46. The number of hydrogen-bond acceptors (Lipinski definition) is 3. The van der Waals surface area contributed by atoms with Crippen LogP contribution in [0.5, 0.6) is 0 Å². The van der Waals surface area contributed by atoms with Crippen molar-refractivity contribution in [2.45, 2.75) is 45.6 Å². The van der Waals surface area contributed by atoms with E-state index >= 15 is 0 Å². The molecule has 0 aromatic carbocycles. The van der Waals surface area contributed by atoms with E-state index in [0.29, 0.717) is 11.9 Å². The summed E-state index contributed by atoms with van der Waals surface area (Å²) < 4.78 is 7.75. The minimum atomic E-state index is 0.141. The van der Waals surface area contributed by atoms with E-state index in [9.17, 15) is 0 Å². The van der Waals surface area contributed by atoms with Gasteiger partial charge < -0.3 is 4.74 Å². The molecule has 0 amide bonds. The quantitative estimate of drug-likeness (QED) is 0.787. The molecule has 1 aromatic heterocycles. The molecule has 0 spiro atoms. The molecule has 1 aromatic rings. The molecule has 0 saturated carbocycles. The molecule has 1 aliphatic rings. The van der Waals surface area contributed by atoms with Crippen LogP contribution in [0.1, 0.15) is 32.5 Å². The van der Waals surface area contributed by atoms with Gasteiger partial charge >= 0.3 is 0 Å². The summed E-state index contributed by atoms with van der Waals surface area (Å²) in [5, 5.41) is 4.58. The highest BCUT2D eigenvalue weighted by molar-refractivity contribution is 6.18. The van der Waals surface area contributed by atoms with Gasteiger partial charge in [-0.15, -0.1) is 11.6 Å². The first kappa shape index (κ1) is 13.8. The average molecular weight is 272 g/mol. The normalized spacial score (nSPS) is 25.8. The molecule has 18 heavy (non-hydrogen) atoms. The van der Waals surface area contributed by atoms with Gasteiger partial charge in [0.05, 0.1) is 17.9 Å². The number of morpholine rings is 1. The molecule has 0 bridgehead atoms. The molecule has 2 heterocycles. The highest BCUT2D eigenvalue weighted by atomic mass is 35.5. The van der Waals surface area contributed by atoms with E-state index < -0.39 is 0 Å². The molecule has 1 fully saturated rings. The van der Waals surface area contributed by atoms with Crippen LogP contribution in [0.3, 0.4) is 0 Å². The summed E-state index contributed by atoms with van der Waals surface area (Å²) >= 11 is 5.89. The van der Waals surface area contributed by atoms with E-state index in [1.807, 2.05) is 10.9 Å². The average Bonchev–Trinajstić information content (AvgIpc) is 2.76. The number of halogens is 1. The summed E-state index contributed by atoms with van der Waals surface area (Å²) in [6, 6.07) is 2.51. The molecular formula is C13H22ClN3O. The second-order valence-corrected chi connectivity index (χ2v) is 5.61. The van der Waals surface area contributed by atoms with Gasteiger partial charge in [-0.25, -0.2) is 0 Å². The molecule has 1 aliphatic heterocycles. The van der Waals surface area contributed by atoms with E-state index in [0.717, 1.165) is 25.3 Å². The number of hydrogen-bond donors (Lipinski definition) is 0. The molecule has 2 rings (SSSR count). The van der Waals surface area contributed by atoms with E-state index in [1.165, 1.54) is 0 Å². The number of ether oxygens (including phenoxy) is 1. The van der Waals surface area contributed by atoms with Gasteiger partial charge in [0.25, 0.3) is 0 Å². The zero-order valence-electron chi connectivity index (χ0n) is 11.3. The Labute approximate surface area is 114 Å². The Morgan fingerprint density at radius 1 is 1.50 bits per heavy atom. The van der Waals surface area contributed by atoms with Crippen molar-refractivity contribution < 1.29 is 4.74 Å². The molecular weight excluding hydrogens is 250 g/mol. The Hall–Kier alpha value is -0.580. The lowest BCUT2D eigenvalue weighted by molar-refractivity contribution is -0.0692. The lowest BCUT2D eigenvalue weighted by Gasteiger charge is -2.35. The van der Waals surface area contributed by atoms with Gasteiger partial charge in [-0.05, 0) is 26.8 Å². The summed E-state index contributed by atoms with van der Waals surface area (Å²) in [6.07, 6.45) is 2.43. The van der Waals surface area contributed by atoms with E-state index in [-0.39, 0.29) is 12.2 Å². The fourth-order valence-electron chi connectivity index (χ4n) is 2.33. The Balaban J connectivity index is 1.95. The van der Waals surface area contributed by atoms with Gasteiger partial charge in [-0.2, -0.15) is 5.10 Å². The van der Waals surface area contributed by atoms with Crippen molar-refractivity contribution in [2.75, 3.05) is 19.0 Å². The zero-order valence-corrected chi connectivity index (χ0v) is 12.1. The first-order valence-electron chi connectivity index (χ1n) is 6.56. The number of nitrogens with zero attached hydrogens (tertiary/aromatic N) is 3. The first-order chi connectivity index (χ1) is 8.58. The lowest BCUT2D eigenvalue weighted by Crippen LogP contribution is -2.46. The van der Waals surface area contributed by atoms with Gasteiger partial charge in [-0.1, -0.05) is 0 Å². The standard InChI is InChI=1S/C13H22ClN3O/c1-10(2)17-5-4-12(15-17)8-16-7-11(3)18-13(6-14)9-16/h4-5,10-11,13H,6-9H2,1-3H3. The third-order valence-corrected chi connectivity index (χ3v) is 3.50. The van der Waals surface area contributed by atoms with Gasteiger partial charge in [0, 0.05) is 37.8 Å². The summed E-state index contributed by atoms with van der Waals surface area (Å²) in [7, 11) is 0. The fourth-order valence-corrected chi connectivity index (χ4v) is 2.50. The highest BCUT2D eigenvalue weighted by Gasteiger charge is 2.24. The second kappa shape index (κ2) is 6.04. The van der Waals surface area contributed by atoms with Crippen LogP contribution >= 0.6 is 11.6 Å². The number of rotatable bonds is 4. The van der Waals surface area contributed by atoms with Gasteiger partial charge in [-0.3, -0.25) is 9.58 Å². The van der Waals surface area contributed by atoms with Crippen LogP contribution in [0.2, 0.25) is 0 Å². The summed E-state index contributed by atoms with van der Waals surface area (Å²) in [5.41, 5.74) is 1.12. The van der Waals surface area contributed by atoms with Crippen LogP contribution < -0.4 is 0 Å². The Morgan fingerprint density at radius 2 is 2.28 bits per heavy atom. The third-order valence-electron chi connectivity index (χ3n) is 3.15. The van der Waals surface area contributed by atoms with Crippen molar-refractivity contribution in [1.29, 1.82) is 0 Å². The predicted molar refractivity (Wildman–Crippen MR) is 72.9 cm³/mol. The first-order valence-corrected chi connectivity index (χ1v) is 7.09. The number of aromatic nitrogens is 2. The SMILES string of the molecule is CC1CN(Cc2ccn(C(C)C)n2)CC(CCl)O1. The fraction of sp³-hybridized carbons (Fsp3) is 0.769. The lowest BCUT2D eigenvalue weighted by atomic mass is 10.2. The molecule has 2 unspecified atom stereocenters. The van der Waals surface area contributed by atoms with Crippen LogP contribution in [0.4, 0.5) is 0 Å². The van der Waals surface area contributed by atoms with Crippen LogP contribution in [-0.4, -0.2) is 45.9 Å². The molecule has 0 N–H and O–H groups in total. The maximum Gasteiger partial charge on any atom is 0.0841 e. The van der Waals surface area contributed by atoms with Crippen molar-refractivity contribution >= 4 is 11.6 Å². The molecule has 5 heteroatoms. The minimum Gasteiger partial charge on any atom is -0.371 e. The smallest absolute Gasteiger partial charge is 0.0841 e. The second-order valence-electron chi connectivity index (χ2n) is 5.30. The van der Waals surface area contributed by atoms with Crippen molar-refractivity contribution in [1.82, 2.24) is 14.7 Å². The zero-order chi connectivity index (χ0) is 13.1. The van der Waals surface area contributed by atoms with Gasteiger partial charge in [0.2, 0.25) is 0 Å². The molecule has 2 atom stereocenters. The van der Waals surface area contributed by atoms with Gasteiger partial charge in [0.15, 0.2) is 0 Å². The highest BCUT2D eigenvalue weighted by Crippen LogP contribution is 2.15. The largest absolute Gasteiger partial charge is 0.371 e. The molecule has 4 nitrogen and oxygen atoms in total. The number of alkyl halides is 1. The maximum atomic E-state index is 5.89. The molecule has 1 saturated heterocycles. The van der Waals surface area contributed by atoms with E-state index in [1.54, 1.807) is 0 Å². The van der Waals surface area contributed by atoms with Crippen LogP contribution in [0.15, 0.2) is 12.3 Å². The topological polar surface area (TPSA) is 30.3 Å². The summed E-state index contributed by atoms with van der Waals surface area (Å²) in [4.78, 5) is 2.37. The minimum absolute atomic E-state index is 0.141. The van der Waals surface area contributed by atoms with Crippen molar-refractivity contribution in [2.24, 2.45) is 0 Å². The van der Waals surface area contributed by atoms with Crippen LogP contribution in [0.25, 0.3) is 0 Å².